The van der Waals surface area contributed by atoms with E-state index >= 15 is 0 Å². The van der Waals surface area contributed by atoms with Gasteiger partial charge in [0.05, 0.1) is 18.8 Å². The summed E-state index contributed by atoms with van der Waals surface area (Å²) in [6, 6.07) is 0. The van der Waals surface area contributed by atoms with E-state index in [9.17, 15) is 19.8 Å². The average Bonchev–Trinajstić information content (AvgIpc) is 2.94. The highest BCUT2D eigenvalue weighted by Crippen LogP contribution is 2.34. The minimum atomic E-state index is -0.646. The van der Waals surface area contributed by atoms with Crippen molar-refractivity contribution in [2.45, 2.75) is 89.8 Å². The molecular formula is C22H39NO5. The summed E-state index contributed by atoms with van der Waals surface area (Å²) in [5.74, 6) is -0.281. The number of Topliss-reactive ketones (excluding diaryl/α,β-unsaturated/α-hetero) is 1. The minimum absolute atomic E-state index is 0.0363. The number of unbranched alkanes of at least 4 members (excludes halogenated alkanes) is 5. The van der Waals surface area contributed by atoms with E-state index in [4.69, 9.17) is 5.11 Å². The van der Waals surface area contributed by atoms with Gasteiger partial charge in [0.1, 0.15) is 5.78 Å². The van der Waals surface area contributed by atoms with Crippen LogP contribution in [0.25, 0.3) is 0 Å². The van der Waals surface area contributed by atoms with Crippen molar-refractivity contribution in [1.29, 1.82) is 0 Å². The van der Waals surface area contributed by atoms with Gasteiger partial charge >= 0.3 is 0 Å². The van der Waals surface area contributed by atoms with Gasteiger partial charge in [-0.25, -0.2) is 0 Å². The predicted octanol–water partition coefficient (Wildman–Crippen LogP) is 2.50. The number of ketones is 1. The average molecular weight is 398 g/mol. The van der Waals surface area contributed by atoms with Crippen LogP contribution in [0.3, 0.4) is 0 Å². The van der Waals surface area contributed by atoms with Crippen molar-refractivity contribution >= 4 is 11.7 Å². The molecule has 6 heteroatoms. The molecule has 1 saturated carbocycles. The summed E-state index contributed by atoms with van der Waals surface area (Å²) in [4.78, 5) is 23.7. The van der Waals surface area contributed by atoms with Crippen LogP contribution in [-0.4, -0.2) is 52.4 Å². The molecular weight excluding hydrogens is 358 g/mol. The van der Waals surface area contributed by atoms with Gasteiger partial charge in [0.25, 0.3) is 0 Å². The Bertz CT molecular complexity index is 480. The summed E-state index contributed by atoms with van der Waals surface area (Å²) in [5.41, 5.74) is 0. The maximum absolute atomic E-state index is 12.2. The molecule has 1 aliphatic carbocycles. The maximum atomic E-state index is 12.2. The number of rotatable bonds is 15. The Morgan fingerprint density at radius 2 is 1.96 bits per heavy atom. The Labute approximate surface area is 169 Å². The number of hydrogen-bond acceptors (Lipinski definition) is 5. The van der Waals surface area contributed by atoms with Crippen LogP contribution < -0.4 is 5.32 Å². The molecule has 1 amide bonds. The first kappa shape index (κ1) is 24.8. The molecule has 0 saturated heterocycles. The lowest BCUT2D eigenvalue weighted by molar-refractivity contribution is -0.122. The highest BCUT2D eigenvalue weighted by atomic mass is 16.3. The maximum Gasteiger partial charge on any atom is 0.220 e. The molecule has 4 atom stereocenters. The van der Waals surface area contributed by atoms with E-state index in [1.54, 1.807) is 6.08 Å². The number of aliphatic hydroxyl groups excluding tert-OH is 3. The summed E-state index contributed by atoms with van der Waals surface area (Å²) >= 11 is 0. The number of carbonyl (C=O) groups excluding carboxylic acids is 2. The first-order chi connectivity index (χ1) is 13.5. The van der Waals surface area contributed by atoms with E-state index in [-0.39, 0.29) is 36.6 Å². The van der Waals surface area contributed by atoms with Crippen molar-refractivity contribution in [1.82, 2.24) is 5.32 Å². The van der Waals surface area contributed by atoms with E-state index in [0.717, 1.165) is 57.8 Å². The van der Waals surface area contributed by atoms with Gasteiger partial charge < -0.3 is 20.6 Å². The van der Waals surface area contributed by atoms with Crippen LogP contribution in [0.4, 0.5) is 0 Å². The lowest BCUT2D eigenvalue weighted by Crippen LogP contribution is -2.25. The van der Waals surface area contributed by atoms with Crippen LogP contribution in [0.15, 0.2) is 12.2 Å². The Morgan fingerprint density at radius 3 is 2.68 bits per heavy atom. The standard InChI is InChI=1S/C22H39NO5/c1-2-3-6-9-17(25)12-13-19-18(20(26)16-21(19)27)10-7-4-5-8-11-22(28)23-14-15-24/h12-13,17-19,21,24-25,27H,2-11,14-16H2,1H3,(H,23,28)/t17-,18+,19+,21+/m0/s1. The first-order valence-electron chi connectivity index (χ1n) is 10.9. The van der Waals surface area contributed by atoms with Gasteiger partial charge in [-0.2, -0.15) is 0 Å². The van der Waals surface area contributed by atoms with Crippen LogP contribution in [0, 0.1) is 11.8 Å². The van der Waals surface area contributed by atoms with Crippen LogP contribution in [0.5, 0.6) is 0 Å². The molecule has 0 unspecified atom stereocenters. The molecule has 0 aromatic rings. The molecule has 0 bridgehead atoms. The zero-order valence-corrected chi connectivity index (χ0v) is 17.3. The van der Waals surface area contributed by atoms with Crippen molar-refractivity contribution in [3.63, 3.8) is 0 Å². The fourth-order valence-corrected chi connectivity index (χ4v) is 3.84. The second-order valence-corrected chi connectivity index (χ2v) is 7.90. The fraction of sp³-hybridized carbons (Fsp3) is 0.818. The lowest BCUT2D eigenvalue weighted by atomic mass is 9.88. The molecule has 0 aromatic heterocycles. The Kier molecular flexibility index (Phi) is 13.0. The minimum Gasteiger partial charge on any atom is -0.395 e. The molecule has 6 nitrogen and oxygen atoms in total. The van der Waals surface area contributed by atoms with Crippen molar-refractivity contribution in [3.8, 4) is 0 Å². The number of aliphatic hydroxyl groups is 3. The molecule has 162 valence electrons. The largest absolute Gasteiger partial charge is 0.395 e. The van der Waals surface area contributed by atoms with Gasteiger partial charge in [-0.15, -0.1) is 0 Å². The summed E-state index contributed by atoms with van der Waals surface area (Å²) in [7, 11) is 0. The van der Waals surface area contributed by atoms with Gasteiger partial charge in [0.2, 0.25) is 5.91 Å². The van der Waals surface area contributed by atoms with Crippen molar-refractivity contribution in [2.24, 2.45) is 11.8 Å². The van der Waals surface area contributed by atoms with Gasteiger partial charge in [0, 0.05) is 31.2 Å². The Balaban J connectivity index is 2.31. The second-order valence-electron chi connectivity index (χ2n) is 7.90. The van der Waals surface area contributed by atoms with Gasteiger partial charge in [-0.05, 0) is 19.3 Å². The van der Waals surface area contributed by atoms with E-state index in [1.165, 1.54) is 0 Å². The second kappa shape index (κ2) is 14.7. The third-order valence-electron chi connectivity index (χ3n) is 5.49. The number of nitrogens with one attached hydrogen (secondary N) is 1. The first-order valence-corrected chi connectivity index (χ1v) is 10.9. The van der Waals surface area contributed by atoms with E-state index in [1.807, 2.05) is 6.08 Å². The molecule has 28 heavy (non-hydrogen) atoms. The summed E-state index contributed by atoms with van der Waals surface area (Å²) in [5, 5.41) is 31.6. The summed E-state index contributed by atoms with van der Waals surface area (Å²) in [6.07, 6.45) is 11.3. The highest BCUT2D eigenvalue weighted by Gasteiger charge is 2.39. The van der Waals surface area contributed by atoms with E-state index < -0.39 is 12.2 Å². The number of carbonyl (C=O) groups is 2. The van der Waals surface area contributed by atoms with Crippen molar-refractivity contribution in [3.05, 3.63) is 12.2 Å². The smallest absolute Gasteiger partial charge is 0.220 e. The third kappa shape index (κ3) is 9.80. The molecule has 0 heterocycles. The fourth-order valence-electron chi connectivity index (χ4n) is 3.84. The van der Waals surface area contributed by atoms with Gasteiger partial charge in [0.15, 0.2) is 0 Å². The van der Waals surface area contributed by atoms with Gasteiger partial charge in [-0.3, -0.25) is 9.59 Å². The van der Waals surface area contributed by atoms with Crippen LogP contribution >= 0.6 is 0 Å². The highest BCUT2D eigenvalue weighted by molar-refractivity contribution is 5.84. The molecule has 0 aromatic carbocycles. The molecule has 0 aliphatic heterocycles. The SMILES string of the molecule is CCCCC[C@H](O)C=C[C@H]1[C@H](O)CC(=O)[C@@H]1CCCCCCC(=O)NCCO. The molecule has 0 radical (unpaired) electrons. The third-order valence-corrected chi connectivity index (χ3v) is 5.49. The summed E-state index contributed by atoms with van der Waals surface area (Å²) in [6.45, 7) is 2.38. The molecule has 1 rings (SSSR count). The number of hydrogen-bond donors (Lipinski definition) is 4. The van der Waals surface area contributed by atoms with Crippen molar-refractivity contribution in [2.75, 3.05) is 13.2 Å². The topological polar surface area (TPSA) is 107 Å². The predicted molar refractivity (Wildman–Crippen MR) is 110 cm³/mol. The molecule has 1 fully saturated rings. The zero-order chi connectivity index (χ0) is 20.8. The normalized spacial score (nSPS) is 23.4. The van der Waals surface area contributed by atoms with Crippen LogP contribution in [0.2, 0.25) is 0 Å². The zero-order valence-electron chi connectivity index (χ0n) is 17.3. The van der Waals surface area contributed by atoms with Gasteiger partial charge in [-0.1, -0.05) is 57.6 Å². The Morgan fingerprint density at radius 1 is 1.21 bits per heavy atom. The lowest BCUT2D eigenvalue weighted by Gasteiger charge is -2.18. The Hall–Kier alpha value is -1.24. The molecule has 4 N–H and O–H groups in total. The summed E-state index contributed by atoms with van der Waals surface area (Å²) < 4.78 is 0. The van der Waals surface area contributed by atoms with Crippen LogP contribution in [0.1, 0.15) is 77.6 Å². The van der Waals surface area contributed by atoms with E-state index in [2.05, 4.69) is 12.2 Å². The number of amides is 1. The van der Waals surface area contributed by atoms with E-state index in [0.29, 0.717) is 13.0 Å². The molecule has 1 aliphatic rings. The molecule has 0 spiro atoms. The van der Waals surface area contributed by atoms with Crippen LogP contribution in [-0.2, 0) is 9.59 Å². The monoisotopic (exact) mass is 397 g/mol. The quantitative estimate of drug-likeness (QED) is 0.251. The van der Waals surface area contributed by atoms with Crippen molar-refractivity contribution < 1.29 is 24.9 Å².